The summed E-state index contributed by atoms with van der Waals surface area (Å²) in [5.74, 6) is -3.87. The number of carboxylic acids is 2. The third kappa shape index (κ3) is 3.19. The van der Waals surface area contributed by atoms with Gasteiger partial charge in [0.25, 0.3) is 0 Å². The quantitative estimate of drug-likeness (QED) is 0.444. The van der Waals surface area contributed by atoms with E-state index in [2.05, 4.69) is 0 Å². The van der Waals surface area contributed by atoms with E-state index in [9.17, 15) is 14.4 Å². The minimum absolute atomic E-state index is 0.695. The molecule has 1 amide bonds. The second kappa shape index (κ2) is 3.55. The molecule has 0 spiro atoms. The molecule has 0 aliphatic rings. The summed E-state index contributed by atoms with van der Waals surface area (Å²) in [4.78, 5) is 30.4. The van der Waals surface area contributed by atoms with Gasteiger partial charge in [-0.15, -0.1) is 0 Å². The molecule has 0 unspecified atom stereocenters. The van der Waals surface area contributed by atoms with Crippen LogP contribution in [0.15, 0.2) is 0 Å². The molecule has 0 bridgehead atoms. The molecular weight excluding hydrogens is 154 g/mol. The van der Waals surface area contributed by atoms with Gasteiger partial charge >= 0.3 is 11.9 Å². The standard InChI is InChI=1S/C5H7NO5/c1-2(7)6-3(4(8)9)5(10)11/h3H,1H3,(H,6,7)(H,8,9)(H,10,11). The van der Waals surface area contributed by atoms with Crippen LogP contribution < -0.4 is 5.32 Å². The topological polar surface area (TPSA) is 104 Å². The van der Waals surface area contributed by atoms with E-state index in [1.54, 1.807) is 5.32 Å². The molecule has 0 saturated carbocycles. The Morgan fingerprint density at radius 3 is 1.64 bits per heavy atom. The van der Waals surface area contributed by atoms with E-state index >= 15 is 0 Å². The van der Waals surface area contributed by atoms with Crippen molar-refractivity contribution >= 4 is 17.8 Å². The van der Waals surface area contributed by atoms with E-state index in [-0.39, 0.29) is 0 Å². The van der Waals surface area contributed by atoms with Crippen LogP contribution in [0.2, 0.25) is 0 Å². The highest BCUT2D eigenvalue weighted by atomic mass is 16.4. The van der Waals surface area contributed by atoms with Gasteiger partial charge in [0.05, 0.1) is 0 Å². The van der Waals surface area contributed by atoms with Crippen molar-refractivity contribution < 1.29 is 24.6 Å². The largest absolute Gasteiger partial charge is 0.479 e. The van der Waals surface area contributed by atoms with Crippen molar-refractivity contribution in [2.24, 2.45) is 0 Å². The lowest BCUT2D eigenvalue weighted by atomic mass is 10.3. The zero-order chi connectivity index (χ0) is 9.02. The average molecular weight is 161 g/mol. The minimum Gasteiger partial charge on any atom is -0.479 e. The van der Waals surface area contributed by atoms with Crippen molar-refractivity contribution in [3.63, 3.8) is 0 Å². The Labute approximate surface area is 61.8 Å². The number of rotatable bonds is 3. The first-order valence-electron chi connectivity index (χ1n) is 2.68. The first-order chi connectivity index (χ1) is 4.95. The Balaban J connectivity index is 4.23. The number of hydrogen-bond donors (Lipinski definition) is 3. The molecule has 62 valence electrons. The zero-order valence-electron chi connectivity index (χ0n) is 5.70. The molecule has 0 saturated heterocycles. The fraction of sp³-hybridized carbons (Fsp3) is 0.400. The van der Waals surface area contributed by atoms with E-state index in [1.807, 2.05) is 0 Å². The van der Waals surface area contributed by atoms with Gasteiger partial charge in [-0.2, -0.15) is 0 Å². The van der Waals surface area contributed by atoms with E-state index in [0.29, 0.717) is 0 Å². The molecule has 6 nitrogen and oxygen atoms in total. The van der Waals surface area contributed by atoms with Crippen molar-refractivity contribution in [1.29, 1.82) is 0 Å². The number of carboxylic acid groups (broad SMARTS) is 2. The van der Waals surface area contributed by atoms with E-state index in [4.69, 9.17) is 10.2 Å². The number of nitrogens with one attached hydrogen (secondary N) is 1. The molecule has 0 rings (SSSR count). The van der Waals surface area contributed by atoms with E-state index < -0.39 is 23.9 Å². The molecule has 0 aliphatic heterocycles. The predicted molar refractivity (Wildman–Crippen MR) is 32.9 cm³/mol. The first-order valence-corrected chi connectivity index (χ1v) is 2.68. The summed E-state index contributed by atoms with van der Waals surface area (Å²) in [5.41, 5.74) is 0. The van der Waals surface area contributed by atoms with Crippen LogP contribution in [0.5, 0.6) is 0 Å². The minimum atomic E-state index is -1.85. The lowest BCUT2D eigenvalue weighted by Gasteiger charge is -2.06. The summed E-state index contributed by atoms with van der Waals surface area (Å²) < 4.78 is 0. The van der Waals surface area contributed by atoms with Gasteiger partial charge < -0.3 is 15.5 Å². The van der Waals surface area contributed by atoms with Crippen LogP contribution in [0.3, 0.4) is 0 Å². The van der Waals surface area contributed by atoms with Crippen LogP contribution >= 0.6 is 0 Å². The molecule has 0 aromatic carbocycles. The summed E-state index contributed by atoms with van der Waals surface area (Å²) in [6.45, 7) is 1.04. The molecule has 0 aromatic rings. The molecule has 6 heteroatoms. The number of aliphatic carboxylic acids is 2. The molecule has 0 heterocycles. The normalized spacial score (nSPS) is 9.27. The third-order valence-electron chi connectivity index (χ3n) is 0.842. The summed E-state index contributed by atoms with van der Waals surface area (Å²) in [5, 5.41) is 18.1. The van der Waals surface area contributed by atoms with Crippen molar-refractivity contribution in [1.82, 2.24) is 5.32 Å². The molecule has 0 atom stereocenters. The average Bonchev–Trinajstić information content (AvgIpc) is 1.81. The van der Waals surface area contributed by atoms with Gasteiger partial charge in [0.1, 0.15) is 0 Å². The molecule has 0 fully saturated rings. The monoisotopic (exact) mass is 161 g/mol. The van der Waals surface area contributed by atoms with Gasteiger partial charge in [0.15, 0.2) is 0 Å². The van der Waals surface area contributed by atoms with E-state index in [0.717, 1.165) is 6.92 Å². The van der Waals surface area contributed by atoms with E-state index in [1.165, 1.54) is 0 Å². The van der Waals surface area contributed by atoms with Gasteiger partial charge in [-0.05, 0) is 0 Å². The Morgan fingerprint density at radius 2 is 1.55 bits per heavy atom. The van der Waals surface area contributed by atoms with Crippen LogP contribution in [0.25, 0.3) is 0 Å². The molecular formula is C5H7NO5. The molecule has 0 aliphatic carbocycles. The Bertz CT molecular complexity index is 185. The second-order valence-electron chi connectivity index (χ2n) is 1.81. The summed E-state index contributed by atoms with van der Waals surface area (Å²) in [6, 6.07) is -1.85. The van der Waals surface area contributed by atoms with Crippen LogP contribution in [0.1, 0.15) is 6.92 Å². The number of carbonyl (C=O) groups excluding carboxylic acids is 1. The van der Waals surface area contributed by atoms with Crippen LogP contribution in [0, 0.1) is 0 Å². The number of carbonyl (C=O) groups is 3. The van der Waals surface area contributed by atoms with Crippen molar-refractivity contribution in [2.75, 3.05) is 0 Å². The lowest BCUT2D eigenvalue weighted by molar-refractivity contribution is -0.152. The maximum absolute atomic E-state index is 10.2. The fourth-order valence-electron chi connectivity index (χ4n) is 0.432. The predicted octanol–water partition coefficient (Wildman–Crippen LogP) is -1.34. The molecule has 0 aromatic heterocycles. The molecule has 11 heavy (non-hydrogen) atoms. The Morgan fingerprint density at radius 1 is 1.18 bits per heavy atom. The number of hydrogen-bond acceptors (Lipinski definition) is 3. The van der Waals surface area contributed by atoms with Gasteiger partial charge in [0, 0.05) is 6.92 Å². The highest BCUT2D eigenvalue weighted by Crippen LogP contribution is 1.83. The summed E-state index contributed by atoms with van der Waals surface area (Å²) in [6.07, 6.45) is 0. The Hall–Kier alpha value is -1.59. The van der Waals surface area contributed by atoms with Crippen molar-refractivity contribution in [2.45, 2.75) is 13.0 Å². The zero-order valence-corrected chi connectivity index (χ0v) is 5.70. The molecule has 3 N–H and O–H groups in total. The summed E-state index contributed by atoms with van der Waals surface area (Å²) >= 11 is 0. The Kier molecular flexibility index (Phi) is 3.03. The lowest BCUT2D eigenvalue weighted by Crippen LogP contribution is -2.45. The second-order valence-corrected chi connectivity index (χ2v) is 1.81. The van der Waals surface area contributed by atoms with Gasteiger partial charge in [-0.25, -0.2) is 9.59 Å². The SMILES string of the molecule is CC(=O)NC(C(=O)O)C(=O)O. The smallest absolute Gasteiger partial charge is 0.338 e. The third-order valence-corrected chi connectivity index (χ3v) is 0.842. The number of amides is 1. The molecule has 0 radical (unpaired) electrons. The fourth-order valence-corrected chi connectivity index (χ4v) is 0.432. The van der Waals surface area contributed by atoms with Crippen LogP contribution in [-0.2, 0) is 14.4 Å². The van der Waals surface area contributed by atoms with Crippen molar-refractivity contribution in [3.05, 3.63) is 0 Å². The highest BCUT2D eigenvalue weighted by Gasteiger charge is 2.25. The van der Waals surface area contributed by atoms with Crippen molar-refractivity contribution in [3.8, 4) is 0 Å². The summed E-state index contributed by atoms with van der Waals surface area (Å²) in [7, 11) is 0. The van der Waals surface area contributed by atoms with Crippen LogP contribution in [0.4, 0.5) is 0 Å². The maximum Gasteiger partial charge on any atom is 0.338 e. The maximum atomic E-state index is 10.2. The van der Waals surface area contributed by atoms with Gasteiger partial charge in [-0.1, -0.05) is 0 Å². The first kappa shape index (κ1) is 9.41. The van der Waals surface area contributed by atoms with Gasteiger partial charge in [-0.3, -0.25) is 4.79 Å². The highest BCUT2D eigenvalue weighted by molar-refractivity contribution is 6.00. The van der Waals surface area contributed by atoms with Gasteiger partial charge in [0.2, 0.25) is 11.9 Å². The van der Waals surface area contributed by atoms with Crippen LogP contribution in [-0.4, -0.2) is 34.1 Å².